The maximum absolute atomic E-state index is 13.4. The summed E-state index contributed by atoms with van der Waals surface area (Å²) in [6, 6.07) is 15.0. The molecule has 0 unspecified atom stereocenters. The van der Waals surface area contributed by atoms with E-state index in [1.54, 1.807) is 19.2 Å². The van der Waals surface area contributed by atoms with E-state index in [2.05, 4.69) is 32.5 Å². The third-order valence-electron chi connectivity index (χ3n) is 6.61. The largest absolute Gasteiger partial charge is 0.479 e. The van der Waals surface area contributed by atoms with Crippen molar-refractivity contribution in [3.8, 4) is 11.4 Å². The highest BCUT2D eigenvalue weighted by atomic mass is 79.9. The highest BCUT2D eigenvalue weighted by Crippen LogP contribution is 2.24. The molecule has 0 bridgehead atoms. The molecule has 38 heavy (non-hydrogen) atoms. The van der Waals surface area contributed by atoms with Crippen LogP contribution in [-0.2, 0) is 9.53 Å². The molecular formula is C29H31BrN4O4. The van der Waals surface area contributed by atoms with Crippen molar-refractivity contribution in [1.82, 2.24) is 14.2 Å². The summed E-state index contributed by atoms with van der Waals surface area (Å²) in [4.78, 5) is 29.9. The second-order valence-corrected chi connectivity index (χ2v) is 10.2. The number of carbonyl (C=O) groups is 1. The number of hydrogen-bond acceptors (Lipinski definition) is 6. The fourth-order valence-corrected chi connectivity index (χ4v) is 4.67. The van der Waals surface area contributed by atoms with Crippen LogP contribution in [-0.4, -0.2) is 39.6 Å². The van der Waals surface area contributed by atoms with E-state index in [9.17, 15) is 9.59 Å². The maximum Gasteiger partial charge on any atom is 0.346 e. The molecule has 2 atom stereocenters. The summed E-state index contributed by atoms with van der Waals surface area (Å²) >= 11 is 3.45. The number of methoxy groups -OCH3 is 1. The fraction of sp³-hybridized carbons (Fsp3) is 0.310. The van der Waals surface area contributed by atoms with Crippen LogP contribution >= 0.6 is 15.9 Å². The fourth-order valence-electron chi connectivity index (χ4n) is 4.31. The summed E-state index contributed by atoms with van der Waals surface area (Å²) in [6.07, 6.45) is 1.85. The van der Waals surface area contributed by atoms with Crippen LogP contribution in [0.5, 0.6) is 5.75 Å². The van der Waals surface area contributed by atoms with Crippen molar-refractivity contribution >= 4 is 39.0 Å². The second kappa shape index (κ2) is 11.3. The highest BCUT2D eigenvalue weighted by molar-refractivity contribution is 9.10. The molecule has 0 N–H and O–H groups in total. The van der Waals surface area contributed by atoms with Gasteiger partial charge in [-0.25, -0.2) is 9.78 Å². The van der Waals surface area contributed by atoms with Crippen LogP contribution in [0, 0.1) is 13.8 Å². The Balaban J connectivity index is 1.69. The number of halogens is 1. The Bertz CT molecular complexity index is 1570. The summed E-state index contributed by atoms with van der Waals surface area (Å²) < 4.78 is 14.7. The quantitative estimate of drug-likeness (QED) is 0.192. The summed E-state index contributed by atoms with van der Waals surface area (Å²) in [7, 11) is 1.33. The van der Waals surface area contributed by atoms with E-state index >= 15 is 0 Å². The molecule has 2 heterocycles. The zero-order valence-corrected chi connectivity index (χ0v) is 23.9. The topological polar surface area (TPSA) is 87.7 Å². The zero-order chi connectivity index (χ0) is 27.6. The van der Waals surface area contributed by atoms with Crippen molar-refractivity contribution in [2.45, 2.75) is 53.1 Å². The van der Waals surface area contributed by atoms with Crippen molar-refractivity contribution in [2.24, 2.45) is 5.10 Å². The Morgan fingerprint density at radius 1 is 1.13 bits per heavy atom. The molecule has 0 saturated heterocycles. The molecule has 0 radical (unpaired) electrons. The Morgan fingerprint density at radius 3 is 2.50 bits per heavy atom. The highest BCUT2D eigenvalue weighted by Gasteiger charge is 2.17. The van der Waals surface area contributed by atoms with E-state index in [1.165, 1.54) is 11.8 Å². The first-order chi connectivity index (χ1) is 18.1. The Labute approximate surface area is 230 Å². The number of rotatable bonds is 8. The van der Waals surface area contributed by atoms with E-state index in [4.69, 9.17) is 14.5 Å². The van der Waals surface area contributed by atoms with Crippen molar-refractivity contribution in [3.05, 3.63) is 86.1 Å². The van der Waals surface area contributed by atoms with Crippen LogP contribution in [0.2, 0.25) is 0 Å². The number of benzene rings is 2. The molecule has 198 valence electrons. The molecule has 0 saturated carbocycles. The minimum absolute atomic E-state index is 0.0583. The van der Waals surface area contributed by atoms with Gasteiger partial charge in [-0.05, 0) is 75.7 Å². The summed E-state index contributed by atoms with van der Waals surface area (Å²) in [6.45, 7) is 9.78. The van der Waals surface area contributed by atoms with Crippen molar-refractivity contribution in [2.75, 3.05) is 7.11 Å². The minimum atomic E-state index is -0.696. The van der Waals surface area contributed by atoms with Crippen LogP contribution in [0.3, 0.4) is 0 Å². The van der Waals surface area contributed by atoms with Crippen LogP contribution in [0.25, 0.3) is 16.6 Å². The van der Waals surface area contributed by atoms with E-state index in [1.807, 2.05) is 63.2 Å². The normalized spacial score (nSPS) is 13.1. The Morgan fingerprint density at radius 2 is 1.84 bits per heavy atom. The number of ether oxygens (including phenoxy) is 2. The van der Waals surface area contributed by atoms with E-state index < -0.39 is 12.1 Å². The molecule has 2 aromatic heterocycles. The van der Waals surface area contributed by atoms with E-state index in [0.717, 1.165) is 33.5 Å². The van der Waals surface area contributed by atoms with Crippen molar-refractivity contribution in [1.29, 1.82) is 0 Å². The predicted octanol–water partition coefficient (Wildman–Crippen LogP) is 5.90. The lowest BCUT2D eigenvalue weighted by Crippen LogP contribution is -2.24. The van der Waals surface area contributed by atoms with Crippen molar-refractivity contribution in [3.63, 3.8) is 0 Å². The van der Waals surface area contributed by atoms with Crippen LogP contribution < -0.4 is 10.3 Å². The maximum atomic E-state index is 13.4. The van der Waals surface area contributed by atoms with Gasteiger partial charge in [-0.3, -0.25) is 4.79 Å². The minimum Gasteiger partial charge on any atom is -0.479 e. The van der Waals surface area contributed by atoms with Crippen LogP contribution in [0.1, 0.15) is 55.9 Å². The first kappa shape index (κ1) is 27.3. The average Bonchev–Trinajstić information content (AvgIpc) is 3.20. The van der Waals surface area contributed by atoms with Gasteiger partial charge in [0.1, 0.15) is 11.6 Å². The smallest absolute Gasteiger partial charge is 0.346 e. The molecule has 0 amide bonds. The summed E-state index contributed by atoms with van der Waals surface area (Å²) in [5.41, 5.74) is 4.26. The van der Waals surface area contributed by atoms with E-state index in [0.29, 0.717) is 22.5 Å². The van der Waals surface area contributed by atoms with Crippen LogP contribution in [0.15, 0.2) is 62.9 Å². The number of fused-ring (bicyclic) bond motifs is 1. The lowest BCUT2D eigenvalue weighted by Gasteiger charge is -2.14. The molecule has 2 aromatic carbocycles. The first-order valence-electron chi connectivity index (χ1n) is 12.4. The molecule has 4 aromatic rings. The van der Waals surface area contributed by atoms with Gasteiger partial charge in [0.15, 0.2) is 6.10 Å². The third-order valence-corrected chi connectivity index (χ3v) is 7.10. The van der Waals surface area contributed by atoms with Gasteiger partial charge in [0.05, 0.1) is 24.2 Å². The number of aromatic nitrogens is 3. The standard InChI is InChI=1S/C29H31BrN4O4/c1-7-17(2)27-32-26-13-8-22(30)15-25(26)28(35)34(27)31-16-21-14-18(3)33(19(21)4)23-9-11-24(12-10-23)38-20(5)29(36)37-6/h8-17,20H,7H2,1-6H3/t17-,20+/m1/s1. The average molecular weight is 579 g/mol. The van der Waals surface area contributed by atoms with Gasteiger partial charge in [0.2, 0.25) is 0 Å². The zero-order valence-electron chi connectivity index (χ0n) is 22.4. The summed E-state index contributed by atoms with van der Waals surface area (Å²) in [5.74, 6) is 0.834. The number of carbonyl (C=O) groups excluding carboxylic acids is 1. The Kier molecular flexibility index (Phi) is 8.16. The third kappa shape index (κ3) is 5.43. The summed E-state index contributed by atoms with van der Waals surface area (Å²) in [5, 5.41) is 5.14. The molecule has 9 heteroatoms. The second-order valence-electron chi connectivity index (χ2n) is 9.24. The van der Waals surface area contributed by atoms with Crippen molar-refractivity contribution < 1.29 is 14.3 Å². The molecular weight excluding hydrogens is 548 g/mol. The van der Waals surface area contributed by atoms with Gasteiger partial charge >= 0.3 is 5.97 Å². The molecule has 4 rings (SSSR count). The van der Waals surface area contributed by atoms with Gasteiger partial charge in [-0.1, -0.05) is 29.8 Å². The van der Waals surface area contributed by atoms with Gasteiger partial charge in [-0.15, -0.1) is 0 Å². The van der Waals surface area contributed by atoms with Gasteiger partial charge in [-0.2, -0.15) is 9.78 Å². The molecule has 0 aliphatic carbocycles. The molecule has 8 nitrogen and oxygen atoms in total. The number of esters is 1. The van der Waals surface area contributed by atoms with E-state index in [-0.39, 0.29) is 11.5 Å². The Hall–Kier alpha value is -3.72. The SMILES string of the molecule is CC[C@@H](C)c1nc2ccc(Br)cc2c(=O)n1N=Cc1cc(C)n(-c2ccc(O[C@@H](C)C(=O)OC)cc2)c1C. The number of aryl methyl sites for hydroxylation is 1. The molecule has 0 aliphatic rings. The first-order valence-corrected chi connectivity index (χ1v) is 13.2. The molecule has 0 spiro atoms. The van der Waals surface area contributed by atoms with Gasteiger partial charge in [0.25, 0.3) is 5.56 Å². The predicted molar refractivity (Wildman–Crippen MR) is 153 cm³/mol. The van der Waals surface area contributed by atoms with Gasteiger partial charge < -0.3 is 14.0 Å². The molecule has 0 fully saturated rings. The lowest BCUT2D eigenvalue weighted by molar-refractivity contribution is -0.147. The van der Waals surface area contributed by atoms with Gasteiger partial charge in [0, 0.05) is 33.0 Å². The number of nitrogens with zero attached hydrogens (tertiary/aromatic N) is 4. The monoisotopic (exact) mass is 578 g/mol. The lowest BCUT2D eigenvalue weighted by atomic mass is 10.1. The number of hydrogen-bond donors (Lipinski definition) is 0. The van der Waals surface area contributed by atoms with Crippen LogP contribution in [0.4, 0.5) is 0 Å². The molecule has 0 aliphatic heterocycles.